The first-order valence-corrected chi connectivity index (χ1v) is 9.55. The zero-order valence-corrected chi connectivity index (χ0v) is 15.7. The zero-order chi connectivity index (χ0) is 17.6. The molecular weight excluding hydrogens is 338 g/mol. The van der Waals surface area contributed by atoms with Gasteiger partial charge in [-0.05, 0) is 49.5 Å². The molecule has 25 heavy (non-hydrogen) atoms. The fourth-order valence-electron chi connectivity index (χ4n) is 3.89. The standard InChI is InChI=1S/C19H28ClN3O2/c1-25-19(24)18(16-2-4-17(20)5-3-16)23-12-10-22(11-13-23)14-15-6-8-21-9-7-15/h2-5,15,18,21H,6-14H2,1H3. The van der Waals surface area contributed by atoms with Crippen molar-refractivity contribution in [3.8, 4) is 0 Å². The maximum atomic E-state index is 12.4. The van der Waals surface area contributed by atoms with Crippen molar-refractivity contribution in [2.75, 3.05) is 52.9 Å². The lowest BCUT2D eigenvalue weighted by Gasteiger charge is -2.40. The first-order valence-electron chi connectivity index (χ1n) is 9.18. The van der Waals surface area contributed by atoms with Crippen molar-refractivity contribution in [1.82, 2.24) is 15.1 Å². The van der Waals surface area contributed by atoms with Gasteiger partial charge >= 0.3 is 5.97 Å². The maximum absolute atomic E-state index is 12.4. The third kappa shape index (κ3) is 4.94. The van der Waals surface area contributed by atoms with E-state index in [-0.39, 0.29) is 12.0 Å². The maximum Gasteiger partial charge on any atom is 0.327 e. The van der Waals surface area contributed by atoms with Crippen LogP contribution in [0, 0.1) is 5.92 Å². The summed E-state index contributed by atoms with van der Waals surface area (Å²) in [7, 11) is 1.46. The topological polar surface area (TPSA) is 44.8 Å². The molecule has 2 fully saturated rings. The van der Waals surface area contributed by atoms with Gasteiger partial charge in [-0.2, -0.15) is 0 Å². The smallest absolute Gasteiger partial charge is 0.327 e. The predicted molar refractivity (Wildman–Crippen MR) is 99.8 cm³/mol. The van der Waals surface area contributed by atoms with Gasteiger partial charge in [-0.1, -0.05) is 23.7 Å². The summed E-state index contributed by atoms with van der Waals surface area (Å²) in [6.45, 7) is 7.24. The Morgan fingerprint density at radius 2 is 1.84 bits per heavy atom. The van der Waals surface area contributed by atoms with E-state index < -0.39 is 0 Å². The molecule has 1 unspecified atom stereocenters. The number of ether oxygens (including phenoxy) is 1. The van der Waals surface area contributed by atoms with Crippen LogP contribution in [-0.4, -0.2) is 68.7 Å². The van der Waals surface area contributed by atoms with Crippen LogP contribution in [0.5, 0.6) is 0 Å². The molecule has 0 radical (unpaired) electrons. The van der Waals surface area contributed by atoms with Crippen LogP contribution in [0.2, 0.25) is 5.02 Å². The molecule has 1 aromatic rings. The zero-order valence-electron chi connectivity index (χ0n) is 14.9. The number of hydrogen-bond donors (Lipinski definition) is 1. The highest BCUT2D eigenvalue weighted by molar-refractivity contribution is 6.30. The van der Waals surface area contributed by atoms with Crippen LogP contribution < -0.4 is 5.32 Å². The first-order chi connectivity index (χ1) is 12.2. The van der Waals surface area contributed by atoms with Gasteiger partial charge < -0.3 is 15.0 Å². The van der Waals surface area contributed by atoms with Gasteiger partial charge in [0.2, 0.25) is 0 Å². The molecule has 0 spiro atoms. The van der Waals surface area contributed by atoms with Crippen LogP contribution >= 0.6 is 11.6 Å². The van der Waals surface area contributed by atoms with Crippen LogP contribution in [0.4, 0.5) is 0 Å². The third-order valence-corrected chi connectivity index (χ3v) is 5.61. The molecule has 1 N–H and O–H groups in total. The number of nitrogens with one attached hydrogen (secondary N) is 1. The number of carbonyl (C=O) groups excluding carboxylic acids is 1. The van der Waals surface area contributed by atoms with Crippen molar-refractivity contribution in [2.45, 2.75) is 18.9 Å². The second-order valence-electron chi connectivity index (χ2n) is 7.01. The molecule has 2 aliphatic rings. The lowest BCUT2D eigenvalue weighted by molar-refractivity contribution is -0.148. The van der Waals surface area contributed by atoms with Gasteiger partial charge in [0.15, 0.2) is 0 Å². The van der Waals surface area contributed by atoms with Gasteiger partial charge in [-0.15, -0.1) is 0 Å². The summed E-state index contributed by atoms with van der Waals surface area (Å²) in [6.07, 6.45) is 2.55. The van der Waals surface area contributed by atoms with E-state index in [1.165, 1.54) is 26.5 Å². The summed E-state index contributed by atoms with van der Waals surface area (Å²) < 4.78 is 5.06. The van der Waals surface area contributed by atoms with Gasteiger partial charge in [0, 0.05) is 37.7 Å². The average Bonchev–Trinajstić information content (AvgIpc) is 2.65. The summed E-state index contributed by atoms with van der Waals surface area (Å²) in [5, 5.41) is 4.11. The highest BCUT2D eigenvalue weighted by Gasteiger charge is 2.31. The molecule has 2 aliphatic heterocycles. The molecule has 2 saturated heterocycles. The third-order valence-electron chi connectivity index (χ3n) is 5.36. The number of methoxy groups -OCH3 is 1. The average molecular weight is 366 g/mol. The van der Waals surface area contributed by atoms with Crippen molar-refractivity contribution in [3.05, 3.63) is 34.9 Å². The molecule has 2 heterocycles. The normalized spacial score (nSPS) is 21.8. The van der Waals surface area contributed by atoms with Crippen LogP contribution in [0.25, 0.3) is 0 Å². The van der Waals surface area contributed by atoms with Crippen molar-refractivity contribution in [3.63, 3.8) is 0 Å². The largest absolute Gasteiger partial charge is 0.468 e. The predicted octanol–water partition coefficient (Wildman–Crippen LogP) is 2.17. The Morgan fingerprint density at radius 3 is 2.44 bits per heavy atom. The van der Waals surface area contributed by atoms with E-state index in [1.807, 2.05) is 24.3 Å². The van der Waals surface area contributed by atoms with Crippen LogP contribution in [0.15, 0.2) is 24.3 Å². The van der Waals surface area contributed by atoms with Gasteiger partial charge in [0.25, 0.3) is 0 Å². The molecular formula is C19H28ClN3O2. The molecule has 5 nitrogen and oxygen atoms in total. The van der Waals surface area contributed by atoms with Crippen molar-refractivity contribution in [2.24, 2.45) is 5.92 Å². The number of rotatable bonds is 5. The first kappa shape index (κ1) is 18.6. The fourth-order valence-corrected chi connectivity index (χ4v) is 4.01. The van der Waals surface area contributed by atoms with Crippen LogP contribution in [0.3, 0.4) is 0 Å². The Labute approximate surface area is 155 Å². The number of benzene rings is 1. The van der Waals surface area contributed by atoms with Crippen LogP contribution in [0.1, 0.15) is 24.4 Å². The second-order valence-corrected chi connectivity index (χ2v) is 7.44. The summed E-state index contributed by atoms with van der Waals surface area (Å²) in [4.78, 5) is 17.2. The highest BCUT2D eigenvalue weighted by atomic mass is 35.5. The molecule has 0 aromatic heterocycles. The van der Waals surface area contributed by atoms with E-state index in [9.17, 15) is 4.79 Å². The van der Waals surface area contributed by atoms with Crippen molar-refractivity contribution >= 4 is 17.6 Å². The molecule has 0 aliphatic carbocycles. The quantitative estimate of drug-likeness (QED) is 0.810. The van der Waals surface area contributed by atoms with E-state index in [2.05, 4.69) is 15.1 Å². The fraction of sp³-hybridized carbons (Fsp3) is 0.632. The van der Waals surface area contributed by atoms with Gasteiger partial charge in [0.05, 0.1) is 7.11 Å². The lowest BCUT2D eigenvalue weighted by Crippen LogP contribution is -2.50. The number of hydrogen-bond acceptors (Lipinski definition) is 5. The Morgan fingerprint density at radius 1 is 1.20 bits per heavy atom. The monoisotopic (exact) mass is 365 g/mol. The molecule has 0 amide bonds. The van der Waals surface area contributed by atoms with E-state index in [0.29, 0.717) is 5.02 Å². The summed E-state index contributed by atoms with van der Waals surface area (Å²) in [5.41, 5.74) is 0.947. The number of carbonyl (C=O) groups is 1. The van der Waals surface area contributed by atoms with Gasteiger partial charge in [-0.25, -0.2) is 4.79 Å². The summed E-state index contributed by atoms with van der Waals surface area (Å²) in [5.74, 6) is 0.606. The Bertz CT molecular complexity index is 552. The van der Waals surface area contributed by atoms with E-state index in [1.54, 1.807) is 0 Å². The highest BCUT2D eigenvalue weighted by Crippen LogP contribution is 2.25. The Kier molecular flexibility index (Phi) is 6.70. The van der Waals surface area contributed by atoms with Gasteiger partial charge in [0.1, 0.15) is 6.04 Å². The molecule has 1 aromatic carbocycles. The number of halogens is 1. The second kappa shape index (κ2) is 8.99. The molecule has 3 rings (SSSR count). The number of piperidine rings is 1. The molecule has 138 valence electrons. The van der Waals surface area contributed by atoms with Crippen molar-refractivity contribution in [1.29, 1.82) is 0 Å². The van der Waals surface area contributed by atoms with E-state index in [0.717, 1.165) is 50.7 Å². The lowest BCUT2D eigenvalue weighted by atomic mass is 9.97. The number of esters is 1. The molecule has 6 heteroatoms. The van der Waals surface area contributed by atoms with Crippen LogP contribution in [-0.2, 0) is 9.53 Å². The summed E-state index contributed by atoms with van der Waals surface area (Å²) in [6, 6.07) is 7.17. The van der Waals surface area contributed by atoms with Gasteiger partial charge in [-0.3, -0.25) is 4.90 Å². The minimum atomic E-state index is -0.344. The Hall–Kier alpha value is -1.14. The number of piperazine rings is 1. The Balaban J connectivity index is 1.59. The molecule has 0 saturated carbocycles. The minimum Gasteiger partial charge on any atom is -0.468 e. The van der Waals surface area contributed by atoms with E-state index >= 15 is 0 Å². The van der Waals surface area contributed by atoms with Crippen molar-refractivity contribution < 1.29 is 9.53 Å². The molecule has 1 atom stereocenters. The number of nitrogens with zero attached hydrogens (tertiary/aromatic N) is 2. The molecule has 0 bridgehead atoms. The minimum absolute atomic E-state index is 0.200. The SMILES string of the molecule is COC(=O)C(c1ccc(Cl)cc1)N1CCN(CC2CCNCC2)CC1. The summed E-state index contributed by atoms with van der Waals surface area (Å²) >= 11 is 5.99. The van der Waals surface area contributed by atoms with E-state index in [4.69, 9.17) is 16.3 Å².